The van der Waals surface area contributed by atoms with E-state index in [1.165, 1.54) is 11.1 Å². The summed E-state index contributed by atoms with van der Waals surface area (Å²) in [4.78, 5) is 0. The summed E-state index contributed by atoms with van der Waals surface area (Å²) in [7, 11) is 0. The van der Waals surface area contributed by atoms with Crippen LogP contribution >= 0.6 is 0 Å². The third kappa shape index (κ3) is 1.84. The van der Waals surface area contributed by atoms with Crippen molar-refractivity contribution in [2.75, 3.05) is 0 Å². The Balaban J connectivity index is 0.000000810. The van der Waals surface area contributed by atoms with E-state index in [2.05, 4.69) is 26.8 Å². The molecule has 0 unspecified atom stereocenters. The molecule has 0 aliphatic rings. The van der Waals surface area contributed by atoms with Gasteiger partial charge in [-0.25, -0.2) is 0 Å². The Morgan fingerprint density at radius 2 is 1.80 bits per heavy atom. The van der Waals surface area contributed by atoms with E-state index >= 15 is 0 Å². The fraction of sp³-hybridized carbons (Fsp3) is 0.222. The van der Waals surface area contributed by atoms with Crippen molar-refractivity contribution < 1.29 is 18.9 Å². The largest absolute Gasteiger partial charge is 1.00 e. The molecule has 1 aromatic rings. The monoisotopic (exact) mass is 126 g/mol. The number of hydrogen-bond donors (Lipinski definition) is 0. The molecule has 0 aliphatic carbocycles. The summed E-state index contributed by atoms with van der Waals surface area (Å²) in [5, 5.41) is 0. The van der Waals surface area contributed by atoms with Crippen molar-refractivity contribution in [2.45, 2.75) is 13.8 Å². The first-order chi connectivity index (χ1) is 4.22. The topological polar surface area (TPSA) is 0 Å². The molecule has 48 valence electrons. The Bertz CT molecular complexity index is 196. The Labute approximate surface area is 74.8 Å². The second-order valence-electron chi connectivity index (χ2n) is 2.36. The molecule has 0 aliphatic heterocycles. The minimum absolute atomic E-state index is 0. The van der Waals surface area contributed by atoms with Crippen LogP contribution in [-0.4, -0.2) is 0 Å². The van der Waals surface area contributed by atoms with E-state index < -0.39 is 0 Å². The molecular weight excluding hydrogens is 115 g/mol. The molecule has 0 amide bonds. The quantitative estimate of drug-likeness (QED) is 0.324. The maximum atomic E-state index is 3.88. The van der Waals surface area contributed by atoms with Crippen LogP contribution in [0.4, 0.5) is 0 Å². The van der Waals surface area contributed by atoms with Gasteiger partial charge in [-0.3, -0.25) is 0 Å². The standard InChI is InChI=1S/C9H11.Li/c1-7-5-4-6-8(2)9(7)3;/h4-6H,1H2,2-3H3;/q-1;+1. The van der Waals surface area contributed by atoms with Crippen molar-refractivity contribution in [2.24, 2.45) is 0 Å². The van der Waals surface area contributed by atoms with Gasteiger partial charge in [0.15, 0.2) is 0 Å². The fourth-order valence-corrected chi connectivity index (χ4v) is 0.812. The zero-order valence-corrected chi connectivity index (χ0v) is 6.94. The average molecular weight is 126 g/mol. The molecule has 0 saturated heterocycles. The molecule has 0 heterocycles. The zero-order chi connectivity index (χ0) is 6.85. The predicted molar refractivity (Wildman–Crippen MR) is 40.4 cm³/mol. The summed E-state index contributed by atoms with van der Waals surface area (Å²) in [5.74, 6) is 0. The Kier molecular flexibility index (Phi) is 3.64. The van der Waals surface area contributed by atoms with E-state index in [0.717, 1.165) is 5.56 Å². The molecule has 0 spiro atoms. The zero-order valence-electron chi connectivity index (χ0n) is 6.94. The van der Waals surface area contributed by atoms with E-state index in [1.807, 2.05) is 12.1 Å². The van der Waals surface area contributed by atoms with Crippen LogP contribution in [0.25, 0.3) is 0 Å². The number of aryl methyl sites for hydroxylation is 1. The summed E-state index contributed by atoms with van der Waals surface area (Å²) in [6.45, 7) is 8.08. The van der Waals surface area contributed by atoms with Crippen LogP contribution < -0.4 is 18.9 Å². The maximum absolute atomic E-state index is 3.88. The molecule has 1 aromatic carbocycles. The van der Waals surface area contributed by atoms with Gasteiger partial charge in [0.1, 0.15) is 0 Å². The first-order valence-electron chi connectivity index (χ1n) is 3.10. The molecule has 0 fully saturated rings. The molecule has 0 N–H and O–H groups in total. The number of hydrogen-bond acceptors (Lipinski definition) is 0. The maximum Gasteiger partial charge on any atom is 1.00 e. The summed E-state index contributed by atoms with van der Waals surface area (Å²) in [6.07, 6.45) is 0. The van der Waals surface area contributed by atoms with Crippen LogP contribution in [0.3, 0.4) is 0 Å². The minimum atomic E-state index is 0. The Hall–Kier alpha value is -0.313. The van der Waals surface area contributed by atoms with Crippen LogP contribution in [0.15, 0.2) is 18.2 Å². The van der Waals surface area contributed by atoms with Crippen molar-refractivity contribution in [1.29, 1.82) is 0 Å². The minimum Gasteiger partial charge on any atom is -0.198 e. The molecule has 0 bridgehead atoms. The van der Waals surface area contributed by atoms with E-state index in [-0.39, 0.29) is 18.9 Å². The summed E-state index contributed by atoms with van der Waals surface area (Å²) >= 11 is 0. The Morgan fingerprint density at radius 1 is 1.20 bits per heavy atom. The van der Waals surface area contributed by atoms with Gasteiger partial charge < -0.3 is 0 Å². The summed E-state index contributed by atoms with van der Waals surface area (Å²) in [5.41, 5.74) is 3.76. The van der Waals surface area contributed by atoms with Crippen LogP contribution in [-0.2, 0) is 0 Å². The van der Waals surface area contributed by atoms with Crippen LogP contribution in [0.2, 0.25) is 0 Å². The van der Waals surface area contributed by atoms with E-state index in [9.17, 15) is 0 Å². The van der Waals surface area contributed by atoms with Gasteiger partial charge >= 0.3 is 18.9 Å². The molecule has 0 aromatic heterocycles. The van der Waals surface area contributed by atoms with Crippen molar-refractivity contribution in [3.05, 3.63) is 41.8 Å². The first-order valence-corrected chi connectivity index (χ1v) is 3.10. The van der Waals surface area contributed by atoms with Gasteiger partial charge in [-0.15, -0.1) is 17.2 Å². The third-order valence-electron chi connectivity index (χ3n) is 1.72. The van der Waals surface area contributed by atoms with Crippen molar-refractivity contribution in [3.8, 4) is 0 Å². The predicted octanol–water partition coefficient (Wildman–Crippen LogP) is -0.510. The number of rotatable bonds is 0. The summed E-state index contributed by atoms with van der Waals surface area (Å²) in [6, 6.07) is 6.16. The molecule has 0 radical (unpaired) electrons. The molecule has 0 saturated carbocycles. The Morgan fingerprint density at radius 3 is 2.20 bits per heavy atom. The smallest absolute Gasteiger partial charge is 0.198 e. The van der Waals surface area contributed by atoms with Crippen LogP contribution in [0, 0.1) is 20.8 Å². The van der Waals surface area contributed by atoms with Gasteiger partial charge in [0.05, 0.1) is 0 Å². The van der Waals surface area contributed by atoms with E-state index in [0.29, 0.717) is 0 Å². The normalized spacial score (nSPS) is 8.60. The van der Waals surface area contributed by atoms with Gasteiger partial charge in [0.25, 0.3) is 0 Å². The van der Waals surface area contributed by atoms with Gasteiger partial charge in [0.2, 0.25) is 0 Å². The molecule has 1 heteroatoms. The first kappa shape index (κ1) is 9.69. The van der Waals surface area contributed by atoms with Crippen molar-refractivity contribution in [3.63, 3.8) is 0 Å². The number of benzene rings is 1. The van der Waals surface area contributed by atoms with Gasteiger partial charge in [-0.2, -0.15) is 18.6 Å². The second-order valence-corrected chi connectivity index (χ2v) is 2.36. The van der Waals surface area contributed by atoms with Gasteiger partial charge in [0, 0.05) is 0 Å². The van der Waals surface area contributed by atoms with E-state index in [1.54, 1.807) is 0 Å². The summed E-state index contributed by atoms with van der Waals surface area (Å²) < 4.78 is 0. The van der Waals surface area contributed by atoms with Gasteiger partial charge in [-0.1, -0.05) is 19.9 Å². The average Bonchev–Trinajstić information content (AvgIpc) is 1.83. The van der Waals surface area contributed by atoms with E-state index in [4.69, 9.17) is 0 Å². The van der Waals surface area contributed by atoms with Crippen molar-refractivity contribution in [1.82, 2.24) is 0 Å². The molecular formula is C9H11Li. The molecule has 10 heavy (non-hydrogen) atoms. The van der Waals surface area contributed by atoms with Crippen LogP contribution in [0.5, 0.6) is 0 Å². The SMILES string of the molecule is [CH2-]c1cccc(C)c1C.[Li+]. The molecule has 0 nitrogen and oxygen atoms in total. The van der Waals surface area contributed by atoms with Crippen LogP contribution in [0.1, 0.15) is 16.7 Å². The second kappa shape index (κ2) is 3.76. The van der Waals surface area contributed by atoms with Crippen molar-refractivity contribution >= 4 is 0 Å². The molecule has 1 rings (SSSR count). The van der Waals surface area contributed by atoms with Gasteiger partial charge in [-0.05, 0) is 0 Å². The fourth-order valence-electron chi connectivity index (χ4n) is 0.812. The third-order valence-corrected chi connectivity index (χ3v) is 1.72. The molecule has 0 atom stereocenters.